The molecule has 6 nitrogen and oxygen atoms in total. The van der Waals surface area contributed by atoms with Gasteiger partial charge in [0.25, 0.3) is 0 Å². The predicted molar refractivity (Wildman–Crippen MR) is 125 cm³/mol. The van der Waals surface area contributed by atoms with Gasteiger partial charge in [-0.1, -0.05) is 18.2 Å². The molecule has 1 aliphatic rings. The number of carbonyl (C=O) groups is 1. The summed E-state index contributed by atoms with van der Waals surface area (Å²) >= 11 is 0. The lowest BCUT2D eigenvalue weighted by molar-refractivity contribution is 0.0158. The number of hydrogen-bond donors (Lipinski definition) is 1. The number of halogens is 1. The Bertz CT molecular complexity index is 1070. The van der Waals surface area contributed by atoms with Crippen LogP contribution in [0.3, 0.4) is 0 Å². The predicted octanol–water partition coefficient (Wildman–Crippen LogP) is 4.58. The molecule has 3 rings (SSSR count). The summed E-state index contributed by atoms with van der Waals surface area (Å²) in [4.78, 5) is 14.3. The quantitative estimate of drug-likeness (QED) is 0.618. The standard InChI is InChI=1S/C25H33FN2O4S/c1-24(2,3)32-23(29)28-16-13-25(4,14-17-28)27-15-12-19-18-21(10-11-22(19)26)33(30,31)20-8-6-5-7-9-20/h5-11,18,27H,12-17H2,1-4H3. The first-order valence-corrected chi connectivity index (χ1v) is 12.7. The Morgan fingerprint density at radius 3 is 2.33 bits per heavy atom. The summed E-state index contributed by atoms with van der Waals surface area (Å²) in [6, 6.07) is 12.1. The fourth-order valence-corrected chi connectivity index (χ4v) is 5.16. The van der Waals surface area contributed by atoms with Gasteiger partial charge in [0.15, 0.2) is 0 Å². The number of piperidine rings is 1. The van der Waals surface area contributed by atoms with Gasteiger partial charge in [0.1, 0.15) is 11.4 Å². The average Bonchev–Trinajstić information content (AvgIpc) is 2.75. The van der Waals surface area contributed by atoms with E-state index in [0.717, 1.165) is 12.8 Å². The number of likely N-dealkylation sites (tertiary alicyclic amines) is 1. The third kappa shape index (κ3) is 6.54. The number of nitrogens with one attached hydrogen (secondary N) is 1. The first-order chi connectivity index (χ1) is 15.4. The van der Waals surface area contributed by atoms with Gasteiger partial charge in [0.2, 0.25) is 9.84 Å². The number of ether oxygens (including phenoxy) is 1. The first kappa shape index (κ1) is 25.2. The summed E-state index contributed by atoms with van der Waals surface area (Å²) in [6.45, 7) is 9.29. The number of hydrogen-bond acceptors (Lipinski definition) is 5. The summed E-state index contributed by atoms with van der Waals surface area (Å²) in [6.07, 6.45) is 1.55. The second-order valence-corrected chi connectivity index (χ2v) is 11.7. The lowest BCUT2D eigenvalue weighted by atomic mass is 9.89. The van der Waals surface area contributed by atoms with Crippen LogP contribution in [-0.4, -0.2) is 50.2 Å². The molecule has 2 aromatic rings. The number of benzene rings is 2. The topological polar surface area (TPSA) is 75.7 Å². The molecule has 0 unspecified atom stereocenters. The van der Waals surface area contributed by atoms with Gasteiger partial charge in [-0.05, 0) is 89.4 Å². The second kappa shape index (κ2) is 9.81. The first-order valence-electron chi connectivity index (χ1n) is 11.2. The Kier molecular flexibility index (Phi) is 7.49. The Morgan fingerprint density at radius 1 is 1.09 bits per heavy atom. The van der Waals surface area contributed by atoms with E-state index < -0.39 is 21.3 Å². The van der Waals surface area contributed by atoms with Crippen LogP contribution in [0, 0.1) is 5.82 Å². The zero-order valence-corrected chi connectivity index (χ0v) is 20.5. The highest BCUT2D eigenvalue weighted by Gasteiger charge is 2.33. The van der Waals surface area contributed by atoms with Crippen molar-refractivity contribution in [1.82, 2.24) is 10.2 Å². The molecular weight excluding hydrogens is 443 g/mol. The van der Waals surface area contributed by atoms with Gasteiger partial charge in [-0.15, -0.1) is 0 Å². The van der Waals surface area contributed by atoms with Crippen molar-refractivity contribution >= 4 is 15.9 Å². The Labute approximate surface area is 196 Å². The second-order valence-electron chi connectivity index (χ2n) is 9.77. The van der Waals surface area contributed by atoms with E-state index in [0.29, 0.717) is 31.6 Å². The zero-order valence-electron chi connectivity index (χ0n) is 19.7. The Hall–Kier alpha value is -2.45. The molecule has 0 atom stereocenters. The van der Waals surface area contributed by atoms with Gasteiger partial charge in [0.05, 0.1) is 9.79 Å². The van der Waals surface area contributed by atoms with E-state index in [-0.39, 0.29) is 21.4 Å². The molecule has 1 heterocycles. The lowest BCUT2D eigenvalue weighted by Crippen LogP contribution is -2.53. The maximum Gasteiger partial charge on any atom is 0.410 e. The third-order valence-corrected chi connectivity index (χ3v) is 7.61. The molecule has 0 aromatic heterocycles. The molecule has 0 spiro atoms. The van der Waals surface area contributed by atoms with E-state index in [1.165, 1.54) is 30.3 Å². The smallest absolute Gasteiger partial charge is 0.410 e. The zero-order chi connectivity index (χ0) is 24.3. The minimum Gasteiger partial charge on any atom is -0.444 e. The summed E-state index contributed by atoms with van der Waals surface area (Å²) in [5.74, 6) is -0.422. The maximum absolute atomic E-state index is 14.4. The maximum atomic E-state index is 14.4. The molecule has 1 saturated heterocycles. The van der Waals surface area contributed by atoms with E-state index in [2.05, 4.69) is 12.2 Å². The molecule has 0 bridgehead atoms. The molecular formula is C25H33FN2O4S. The number of carbonyl (C=O) groups excluding carboxylic acids is 1. The van der Waals surface area contributed by atoms with Gasteiger partial charge in [0, 0.05) is 18.6 Å². The van der Waals surface area contributed by atoms with Crippen LogP contribution in [0.1, 0.15) is 46.1 Å². The van der Waals surface area contributed by atoms with Crippen molar-refractivity contribution in [3.05, 3.63) is 59.9 Å². The van der Waals surface area contributed by atoms with Crippen LogP contribution in [0.15, 0.2) is 58.3 Å². The molecule has 1 amide bonds. The van der Waals surface area contributed by atoms with Crippen molar-refractivity contribution in [2.75, 3.05) is 19.6 Å². The van der Waals surface area contributed by atoms with Crippen molar-refractivity contribution in [2.45, 2.75) is 67.9 Å². The van der Waals surface area contributed by atoms with E-state index in [9.17, 15) is 17.6 Å². The van der Waals surface area contributed by atoms with Crippen LogP contribution in [0.5, 0.6) is 0 Å². The summed E-state index contributed by atoms with van der Waals surface area (Å²) in [5.41, 5.74) is -0.361. The van der Waals surface area contributed by atoms with Crippen LogP contribution < -0.4 is 5.32 Å². The summed E-state index contributed by atoms with van der Waals surface area (Å²) < 4.78 is 45.6. The number of nitrogens with zero attached hydrogens (tertiary/aromatic N) is 1. The van der Waals surface area contributed by atoms with Gasteiger partial charge in [-0.2, -0.15) is 0 Å². The SMILES string of the molecule is CC1(NCCc2cc(S(=O)(=O)c3ccccc3)ccc2F)CCN(C(=O)OC(C)(C)C)CC1. The van der Waals surface area contributed by atoms with Crippen molar-refractivity contribution in [1.29, 1.82) is 0 Å². The molecule has 1 aliphatic heterocycles. The van der Waals surface area contributed by atoms with E-state index >= 15 is 0 Å². The fourth-order valence-electron chi connectivity index (χ4n) is 3.83. The van der Waals surface area contributed by atoms with E-state index in [4.69, 9.17) is 4.74 Å². The van der Waals surface area contributed by atoms with Crippen LogP contribution in [-0.2, 0) is 21.0 Å². The van der Waals surface area contributed by atoms with Gasteiger partial charge >= 0.3 is 6.09 Å². The highest BCUT2D eigenvalue weighted by Crippen LogP contribution is 2.25. The highest BCUT2D eigenvalue weighted by atomic mass is 32.2. The summed E-state index contributed by atoms with van der Waals surface area (Å²) in [5, 5.41) is 3.48. The number of sulfone groups is 1. The molecule has 1 fully saturated rings. The van der Waals surface area contributed by atoms with Crippen LogP contribution >= 0.6 is 0 Å². The Morgan fingerprint density at radius 2 is 1.73 bits per heavy atom. The third-order valence-electron chi connectivity index (χ3n) is 5.85. The number of rotatable bonds is 6. The van der Waals surface area contributed by atoms with Gasteiger partial charge in [-0.25, -0.2) is 17.6 Å². The van der Waals surface area contributed by atoms with Crippen molar-refractivity contribution in [3.8, 4) is 0 Å². The number of amides is 1. The normalized spacial score (nSPS) is 16.5. The molecule has 33 heavy (non-hydrogen) atoms. The molecule has 0 aliphatic carbocycles. The minimum atomic E-state index is -3.70. The van der Waals surface area contributed by atoms with E-state index in [1.807, 2.05) is 20.8 Å². The highest BCUT2D eigenvalue weighted by molar-refractivity contribution is 7.91. The van der Waals surface area contributed by atoms with Crippen LogP contribution in [0.25, 0.3) is 0 Å². The monoisotopic (exact) mass is 476 g/mol. The largest absolute Gasteiger partial charge is 0.444 e. The lowest BCUT2D eigenvalue weighted by Gasteiger charge is -2.40. The Balaban J connectivity index is 1.59. The molecule has 0 radical (unpaired) electrons. The van der Waals surface area contributed by atoms with E-state index in [1.54, 1.807) is 23.1 Å². The van der Waals surface area contributed by atoms with Crippen LogP contribution in [0.2, 0.25) is 0 Å². The van der Waals surface area contributed by atoms with Crippen LogP contribution in [0.4, 0.5) is 9.18 Å². The molecule has 1 N–H and O–H groups in total. The van der Waals surface area contributed by atoms with Gasteiger partial charge in [-0.3, -0.25) is 0 Å². The molecule has 0 saturated carbocycles. The van der Waals surface area contributed by atoms with Gasteiger partial charge < -0.3 is 15.0 Å². The van der Waals surface area contributed by atoms with Crippen molar-refractivity contribution in [2.24, 2.45) is 0 Å². The fraction of sp³-hybridized carbons (Fsp3) is 0.480. The summed E-state index contributed by atoms with van der Waals surface area (Å²) in [7, 11) is -3.70. The molecule has 180 valence electrons. The van der Waals surface area contributed by atoms with Crippen molar-refractivity contribution in [3.63, 3.8) is 0 Å². The minimum absolute atomic E-state index is 0.0852. The average molecular weight is 477 g/mol. The molecule has 2 aromatic carbocycles. The van der Waals surface area contributed by atoms with Crippen molar-refractivity contribution < 1.29 is 22.3 Å². The molecule has 8 heteroatoms.